The van der Waals surface area contributed by atoms with Gasteiger partial charge in [0.2, 0.25) is 5.91 Å². The van der Waals surface area contributed by atoms with Crippen LogP contribution in [0.5, 0.6) is 0 Å². The number of hydrogen-bond donors (Lipinski definition) is 3. The lowest BCUT2D eigenvalue weighted by Gasteiger charge is -2.05. The number of rotatable bonds is 5. The highest BCUT2D eigenvalue weighted by Crippen LogP contribution is 2.13. The third kappa shape index (κ3) is 2.54. The van der Waals surface area contributed by atoms with E-state index in [0.29, 0.717) is 29.9 Å². The first-order valence-corrected chi connectivity index (χ1v) is 5.51. The molecule has 0 fully saturated rings. The fourth-order valence-electron chi connectivity index (χ4n) is 1.53. The second-order valence-electron chi connectivity index (χ2n) is 3.73. The van der Waals surface area contributed by atoms with Crippen molar-refractivity contribution in [2.45, 2.75) is 13.0 Å². The van der Waals surface area contributed by atoms with Crippen molar-refractivity contribution in [3.8, 4) is 0 Å². The fraction of sp³-hybridized carbons (Fsp3) is 0.400. The molecule has 0 saturated carbocycles. The summed E-state index contributed by atoms with van der Waals surface area (Å²) in [5.74, 6) is 0.124. The van der Waals surface area contributed by atoms with E-state index in [-0.39, 0.29) is 19.1 Å². The number of nitrogens with zero attached hydrogens (tertiary/aromatic N) is 4. The van der Waals surface area contributed by atoms with Crippen molar-refractivity contribution in [2.24, 2.45) is 0 Å². The number of imidazole rings is 1. The van der Waals surface area contributed by atoms with Crippen molar-refractivity contribution in [1.29, 1.82) is 0 Å². The summed E-state index contributed by atoms with van der Waals surface area (Å²) in [6, 6.07) is 0. The molecule has 1 amide bonds. The Balaban J connectivity index is 2.08. The van der Waals surface area contributed by atoms with Crippen LogP contribution in [0, 0.1) is 0 Å². The van der Waals surface area contributed by atoms with Gasteiger partial charge in [-0.2, -0.15) is 0 Å². The molecule has 18 heavy (non-hydrogen) atoms. The summed E-state index contributed by atoms with van der Waals surface area (Å²) >= 11 is 0. The first kappa shape index (κ1) is 12.2. The van der Waals surface area contributed by atoms with Crippen molar-refractivity contribution in [1.82, 2.24) is 24.8 Å². The minimum atomic E-state index is -0.167. The maximum Gasteiger partial charge on any atom is 0.240 e. The lowest BCUT2D eigenvalue weighted by molar-refractivity contribution is -0.121. The molecule has 2 rings (SSSR count). The predicted molar refractivity (Wildman–Crippen MR) is 64.4 cm³/mol. The molecular formula is C10H14N6O2. The van der Waals surface area contributed by atoms with E-state index in [1.54, 1.807) is 4.57 Å². The Kier molecular flexibility index (Phi) is 3.68. The van der Waals surface area contributed by atoms with E-state index < -0.39 is 0 Å². The van der Waals surface area contributed by atoms with Gasteiger partial charge in [0.1, 0.15) is 18.4 Å². The largest absolute Gasteiger partial charge is 0.396 e. The van der Waals surface area contributed by atoms with Gasteiger partial charge in [0.25, 0.3) is 0 Å². The molecule has 0 atom stereocenters. The Morgan fingerprint density at radius 3 is 3.06 bits per heavy atom. The highest BCUT2D eigenvalue weighted by atomic mass is 16.3. The van der Waals surface area contributed by atoms with Gasteiger partial charge in [0.05, 0.1) is 6.33 Å². The third-order valence-corrected chi connectivity index (χ3v) is 2.40. The average Bonchev–Trinajstić information content (AvgIpc) is 2.74. The first-order chi connectivity index (χ1) is 8.72. The van der Waals surface area contributed by atoms with Crippen LogP contribution >= 0.6 is 0 Å². The number of carbonyl (C=O) groups is 1. The molecule has 0 aliphatic heterocycles. The molecular weight excluding hydrogens is 236 g/mol. The molecule has 2 aromatic heterocycles. The summed E-state index contributed by atoms with van der Waals surface area (Å²) in [5, 5.41) is 11.3. The van der Waals surface area contributed by atoms with Gasteiger partial charge in [-0.25, -0.2) is 15.0 Å². The maximum absolute atomic E-state index is 11.6. The molecule has 8 nitrogen and oxygen atoms in total. The molecule has 4 N–H and O–H groups in total. The van der Waals surface area contributed by atoms with Gasteiger partial charge in [-0.1, -0.05) is 0 Å². The fourth-order valence-corrected chi connectivity index (χ4v) is 1.53. The van der Waals surface area contributed by atoms with E-state index in [2.05, 4.69) is 20.3 Å². The van der Waals surface area contributed by atoms with Gasteiger partial charge in [0, 0.05) is 13.2 Å². The summed E-state index contributed by atoms with van der Waals surface area (Å²) < 4.78 is 1.60. The number of aliphatic hydroxyl groups excluding tert-OH is 1. The van der Waals surface area contributed by atoms with Crippen LogP contribution in [-0.4, -0.2) is 43.7 Å². The van der Waals surface area contributed by atoms with Gasteiger partial charge >= 0.3 is 0 Å². The summed E-state index contributed by atoms with van der Waals surface area (Å²) in [6.45, 7) is 0.607. The number of nitrogen functional groups attached to an aromatic ring is 1. The molecule has 96 valence electrons. The Bertz CT molecular complexity index is 552. The van der Waals surface area contributed by atoms with Crippen LogP contribution in [-0.2, 0) is 11.3 Å². The lowest BCUT2D eigenvalue weighted by atomic mass is 10.4. The minimum absolute atomic E-state index is 0.0536. The Morgan fingerprint density at radius 1 is 1.44 bits per heavy atom. The molecule has 0 aromatic carbocycles. The van der Waals surface area contributed by atoms with Crippen molar-refractivity contribution < 1.29 is 9.90 Å². The minimum Gasteiger partial charge on any atom is -0.396 e. The van der Waals surface area contributed by atoms with E-state index in [1.165, 1.54) is 12.7 Å². The molecule has 8 heteroatoms. The number of nitrogens with two attached hydrogens (primary N) is 1. The number of fused-ring (bicyclic) bond motifs is 1. The van der Waals surface area contributed by atoms with Crippen molar-refractivity contribution in [3.63, 3.8) is 0 Å². The van der Waals surface area contributed by atoms with E-state index in [9.17, 15) is 4.79 Å². The van der Waals surface area contributed by atoms with Gasteiger partial charge in [0.15, 0.2) is 11.5 Å². The smallest absolute Gasteiger partial charge is 0.240 e. The Labute approximate surface area is 103 Å². The second kappa shape index (κ2) is 5.41. The van der Waals surface area contributed by atoms with Gasteiger partial charge in [-0.3, -0.25) is 4.79 Å². The molecule has 2 heterocycles. The standard InChI is InChI=1S/C10H14N6O2/c11-9-8-10(14-5-13-9)16(6-15-8)4-7(18)12-2-1-3-17/h5-6,17H,1-4H2,(H,12,18)(H2,11,13,14). The van der Waals surface area contributed by atoms with Gasteiger partial charge < -0.3 is 20.7 Å². The maximum atomic E-state index is 11.6. The van der Waals surface area contributed by atoms with Crippen molar-refractivity contribution >= 4 is 22.9 Å². The van der Waals surface area contributed by atoms with Crippen LogP contribution in [0.15, 0.2) is 12.7 Å². The van der Waals surface area contributed by atoms with E-state index >= 15 is 0 Å². The zero-order valence-electron chi connectivity index (χ0n) is 9.70. The average molecular weight is 250 g/mol. The summed E-state index contributed by atoms with van der Waals surface area (Å²) in [6.07, 6.45) is 3.37. The van der Waals surface area contributed by atoms with E-state index in [4.69, 9.17) is 10.8 Å². The van der Waals surface area contributed by atoms with Crippen LogP contribution in [0.4, 0.5) is 5.82 Å². The summed E-state index contributed by atoms with van der Waals surface area (Å²) in [7, 11) is 0. The normalized spacial score (nSPS) is 10.7. The summed E-state index contributed by atoms with van der Waals surface area (Å²) in [5.41, 5.74) is 6.66. The topological polar surface area (TPSA) is 119 Å². The number of carbonyl (C=O) groups excluding carboxylic acids is 1. The van der Waals surface area contributed by atoms with Gasteiger partial charge in [-0.05, 0) is 6.42 Å². The SMILES string of the molecule is Nc1ncnc2c1ncn2CC(=O)NCCCO. The molecule has 2 aromatic rings. The first-order valence-electron chi connectivity index (χ1n) is 5.51. The number of anilines is 1. The molecule has 0 saturated heterocycles. The molecule has 0 unspecified atom stereocenters. The third-order valence-electron chi connectivity index (χ3n) is 2.40. The van der Waals surface area contributed by atoms with Crippen molar-refractivity contribution in [2.75, 3.05) is 18.9 Å². The Morgan fingerprint density at radius 2 is 2.28 bits per heavy atom. The summed E-state index contributed by atoms with van der Waals surface area (Å²) in [4.78, 5) is 23.5. The van der Waals surface area contributed by atoms with E-state index in [1.807, 2.05) is 0 Å². The van der Waals surface area contributed by atoms with Crippen molar-refractivity contribution in [3.05, 3.63) is 12.7 Å². The number of hydrogen-bond acceptors (Lipinski definition) is 6. The molecule has 0 aliphatic carbocycles. The Hall–Kier alpha value is -2.22. The molecule has 0 spiro atoms. The van der Waals surface area contributed by atoms with Crippen LogP contribution in [0.1, 0.15) is 6.42 Å². The van der Waals surface area contributed by atoms with Crippen LogP contribution in [0.2, 0.25) is 0 Å². The number of amides is 1. The van der Waals surface area contributed by atoms with E-state index in [0.717, 1.165) is 0 Å². The van der Waals surface area contributed by atoms with Gasteiger partial charge in [-0.15, -0.1) is 0 Å². The number of aromatic nitrogens is 4. The highest BCUT2D eigenvalue weighted by Gasteiger charge is 2.10. The highest BCUT2D eigenvalue weighted by molar-refractivity contribution is 5.83. The predicted octanol–water partition coefficient (Wildman–Crippen LogP) is -1.09. The van der Waals surface area contributed by atoms with Crippen LogP contribution in [0.25, 0.3) is 11.2 Å². The quantitative estimate of drug-likeness (QED) is 0.580. The number of aliphatic hydroxyl groups is 1. The molecule has 0 radical (unpaired) electrons. The monoisotopic (exact) mass is 250 g/mol. The second-order valence-corrected chi connectivity index (χ2v) is 3.73. The van der Waals surface area contributed by atoms with Crippen LogP contribution < -0.4 is 11.1 Å². The molecule has 0 aliphatic rings. The van der Waals surface area contributed by atoms with Crippen LogP contribution in [0.3, 0.4) is 0 Å². The zero-order chi connectivity index (χ0) is 13.0. The molecule has 0 bridgehead atoms. The lowest BCUT2D eigenvalue weighted by Crippen LogP contribution is -2.28. The number of nitrogens with one attached hydrogen (secondary N) is 1. The zero-order valence-corrected chi connectivity index (χ0v) is 9.70.